The quantitative estimate of drug-likeness (QED) is 0.944. The van der Waals surface area contributed by atoms with Crippen molar-refractivity contribution in [1.82, 2.24) is 15.3 Å². The SMILES string of the molecule is CC(C)(C)c1ncncc1CNC(=O)Cc1ccccc1F. The van der Waals surface area contributed by atoms with Gasteiger partial charge in [-0.25, -0.2) is 14.4 Å². The Bertz CT molecular complexity index is 665. The van der Waals surface area contributed by atoms with Gasteiger partial charge in [0.25, 0.3) is 0 Å². The average molecular weight is 301 g/mol. The summed E-state index contributed by atoms with van der Waals surface area (Å²) < 4.78 is 13.5. The highest BCUT2D eigenvalue weighted by Crippen LogP contribution is 2.22. The largest absolute Gasteiger partial charge is 0.352 e. The van der Waals surface area contributed by atoms with E-state index in [9.17, 15) is 9.18 Å². The fourth-order valence-corrected chi connectivity index (χ4v) is 2.23. The monoisotopic (exact) mass is 301 g/mol. The first-order valence-electron chi connectivity index (χ1n) is 7.17. The van der Waals surface area contributed by atoms with Crippen molar-refractivity contribution in [3.63, 3.8) is 0 Å². The van der Waals surface area contributed by atoms with Gasteiger partial charge in [-0.2, -0.15) is 0 Å². The zero-order valence-electron chi connectivity index (χ0n) is 13.1. The highest BCUT2D eigenvalue weighted by atomic mass is 19.1. The third-order valence-electron chi connectivity index (χ3n) is 3.28. The molecule has 4 nitrogen and oxygen atoms in total. The molecule has 1 amide bonds. The zero-order valence-corrected chi connectivity index (χ0v) is 13.1. The Morgan fingerprint density at radius 2 is 1.95 bits per heavy atom. The fourth-order valence-electron chi connectivity index (χ4n) is 2.23. The molecule has 5 heteroatoms. The summed E-state index contributed by atoms with van der Waals surface area (Å²) in [5.41, 5.74) is 2.03. The minimum Gasteiger partial charge on any atom is -0.352 e. The minimum atomic E-state index is -0.365. The van der Waals surface area contributed by atoms with E-state index in [1.807, 2.05) is 0 Å². The summed E-state index contributed by atoms with van der Waals surface area (Å²) in [6.45, 7) is 6.50. The van der Waals surface area contributed by atoms with Crippen LogP contribution in [0.25, 0.3) is 0 Å². The fraction of sp³-hybridized carbons (Fsp3) is 0.353. The Kier molecular flexibility index (Phi) is 4.85. The summed E-state index contributed by atoms with van der Waals surface area (Å²) in [6, 6.07) is 6.29. The van der Waals surface area contributed by atoms with E-state index >= 15 is 0 Å². The van der Waals surface area contributed by atoms with Gasteiger partial charge in [0.2, 0.25) is 5.91 Å². The van der Waals surface area contributed by atoms with E-state index in [1.165, 1.54) is 12.4 Å². The van der Waals surface area contributed by atoms with Crippen LogP contribution < -0.4 is 5.32 Å². The van der Waals surface area contributed by atoms with E-state index < -0.39 is 0 Å². The van der Waals surface area contributed by atoms with E-state index in [2.05, 4.69) is 36.1 Å². The number of hydrogen-bond donors (Lipinski definition) is 1. The van der Waals surface area contributed by atoms with Gasteiger partial charge in [0.05, 0.1) is 12.1 Å². The molecule has 1 aromatic heterocycles. The molecule has 0 aliphatic heterocycles. The first-order valence-corrected chi connectivity index (χ1v) is 7.17. The van der Waals surface area contributed by atoms with Crippen LogP contribution in [0.15, 0.2) is 36.8 Å². The van der Waals surface area contributed by atoms with Gasteiger partial charge >= 0.3 is 0 Å². The molecule has 0 radical (unpaired) electrons. The van der Waals surface area contributed by atoms with Gasteiger partial charge < -0.3 is 5.32 Å². The highest BCUT2D eigenvalue weighted by Gasteiger charge is 2.20. The van der Waals surface area contributed by atoms with Gasteiger partial charge in [-0.1, -0.05) is 39.0 Å². The van der Waals surface area contributed by atoms with Crippen LogP contribution in [-0.2, 0) is 23.2 Å². The van der Waals surface area contributed by atoms with Crippen molar-refractivity contribution in [2.24, 2.45) is 0 Å². The number of carbonyl (C=O) groups is 1. The number of aromatic nitrogens is 2. The van der Waals surface area contributed by atoms with E-state index in [4.69, 9.17) is 0 Å². The second-order valence-electron chi connectivity index (χ2n) is 6.19. The minimum absolute atomic E-state index is 0.0191. The number of amides is 1. The maximum atomic E-state index is 13.5. The van der Waals surface area contributed by atoms with Crippen LogP contribution in [0.4, 0.5) is 4.39 Å². The van der Waals surface area contributed by atoms with Crippen LogP contribution in [0, 0.1) is 5.82 Å². The molecule has 22 heavy (non-hydrogen) atoms. The summed E-state index contributed by atoms with van der Waals surface area (Å²) >= 11 is 0. The summed E-state index contributed by atoms with van der Waals surface area (Å²) in [6.07, 6.45) is 3.23. The van der Waals surface area contributed by atoms with E-state index in [1.54, 1.807) is 24.4 Å². The molecule has 0 spiro atoms. The maximum Gasteiger partial charge on any atom is 0.224 e. The van der Waals surface area contributed by atoms with Crippen LogP contribution in [-0.4, -0.2) is 15.9 Å². The summed E-state index contributed by atoms with van der Waals surface area (Å²) in [5, 5.41) is 2.80. The number of nitrogens with zero attached hydrogens (tertiary/aromatic N) is 2. The second-order valence-corrected chi connectivity index (χ2v) is 6.19. The standard InChI is InChI=1S/C17H20FN3O/c1-17(2,3)16-13(9-19-11-21-16)10-20-15(22)8-12-6-4-5-7-14(12)18/h4-7,9,11H,8,10H2,1-3H3,(H,20,22). The Labute approximate surface area is 129 Å². The number of nitrogens with one attached hydrogen (secondary N) is 1. The lowest BCUT2D eigenvalue weighted by Crippen LogP contribution is -2.27. The van der Waals surface area contributed by atoms with Crippen LogP contribution in [0.1, 0.15) is 37.6 Å². The second kappa shape index (κ2) is 6.64. The van der Waals surface area contributed by atoms with Gasteiger partial charge in [0, 0.05) is 23.7 Å². The Balaban J connectivity index is 2.02. The molecular formula is C17H20FN3O. The average Bonchev–Trinajstić information content (AvgIpc) is 2.47. The topological polar surface area (TPSA) is 54.9 Å². The molecule has 0 unspecified atom stereocenters. The van der Waals surface area contributed by atoms with Crippen molar-refractivity contribution >= 4 is 5.91 Å². The lowest BCUT2D eigenvalue weighted by Gasteiger charge is -2.21. The van der Waals surface area contributed by atoms with Crippen molar-refractivity contribution in [3.05, 3.63) is 59.4 Å². The van der Waals surface area contributed by atoms with Crippen molar-refractivity contribution in [3.8, 4) is 0 Å². The van der Waals surface area contributed by atoms with Crippen LogP contribution in [0.2, 0.25) is 0 Å². The van der Waals surface area contributed by atoms with E-state index in [-0.39, 0.29) is 23.6 Å². The normalized spacial score (nSPS) is 11.3. The summed E-state index contributed by atoms with van der Waals surface area (Å²) in [7, 11) is 0. The van der Waals surface area contributed by atoms with Gasteiger partial charge in [0.15, 0.2) is 0 Å². The molecule has 0 bridgehead atoms. The third-order valence-corrected chi connectivity index (χ3v) is 3.28. The Hall–Kier alpha value is -2.30. The number of halogens is 1. The van der Waals surface area contributed by atoms with Crippen molar-refractivity contribution in [2.45, 2.75) is 39.2 Å². The first kappa shape index (κ1) is 16.1. The van der Waals surface area contributed by atoms with Gasteiger partial charge in [-0.3, -0.25) is 4.79 Å². The van der Waals surface area contributed by atoms with Gasteiger partial charge in [-0.05, 0) is 11.6 Å². The lowest BCUT2D eigenvalue weighted by molar-refractivity contribution is -0.120. The lowest BCUT2D eigenvalue weighted by atomic mass is 9.89. The molecule has 116 valence electrons. The molecule has 0 fully saturated rings. The van der Waals surface area contributed by atoms with Gasteiger partial charge in [-0.15, -0.1) is 0 Å². The van der Waals surface area contributed by atoms with Crippen molar-refractivity contribution in [1.29, 1.82) is 0 Å². The molecule has 0 saturated carbocycles. The van der Waals surface area contributed by atoms with Crippen molar-refractivity contribution in [2.75, 3.05) is 0 Å². The number of hydrogen-bond acceptors (Lipinski definition) is 3. The zero-order chi connectivity index (χ0) is 16.2. The number of benzene rings is 1. The molecular weight excluding hydrogens is 281 g/mol. The van der Waals surface area contributed by atoms with Crippen LogP contribution in [0.5, 0.6) is 0 Å². The van der Waals surface area contributed by atoms with Gasteiger partial charge in [0.1, 0.15) is 12.1 Å². The Morgan fingerprint density at radius 3 is 2.64 bits per heavy atom. The molecule has 1 heterocycles. The van der Waals surface area contributed by atoms with E-state index in [0.717, 1.165) is 11.3 Å². The maximum absolute atomic E-state index is 13.5. The predicted molar refractivity (Wildman–Crippen MR) is 82.7 cm³/mol. The molecule has 0 saturated heterocycles. The highest BCUT2D eigenvalue weighted by molar-refractivity contribution is 5.78. The Morgan fingerprint density at radius 1 is 1.23 bits per heavy atom. The molecule has 0 aliphatic rings. The molecule has 2 rings (SSSR count). The third kappa shape index (κ3) is 4.10. The number of rotatable bonds is 4. The molecule has 2 aromatic rings. The summed E-state index contributed by atoms with van der Waals surface area (Å²) in [4.78, 5) is 20.3. The molecule has 1 aromatic carbocycles. The number of carbonyl (C=O) groups excluding carboxylic acids is 1. The first-order chi connectivity index (χ1) is 10.4. The smallest absolute Gasteiger partial charge is 0.224 e. The van der Waals surface area contributed by atoms with E-state index in [0.29, 0.717) is 12.1 Å². The molecule has 0 atom stereocenters. The van der Waals surface area contributed by atoms with Crippen LogP contribution in [0.3, 0.4) is 0 Å². The predicted octanol–water partition coefficient (Wildman–Crippen LogP) is 2.77. The summed E-state index contributed by atoms with van der Waals surface area (Å²) in [5.74, 6) is -0.593. The van der Waals surface area contributed by atoms with Crippen LogP contribution >= 0.6 is 0 Å². The molecule has 1 N–H and O–H groups in total. The van der Waals surface area contributed by atoms with Crippen molar-refractivity contribution < 1.29 is 9.18 Å². The molecule has 0 aliphatic carbocycles.